The van der Waals surface area contributed by atoms with E-state index in [1.807, 2.05) is 25.4 Å². The number of sulfone groups is 1. The van der Waals surface area contributed by atoms with Crippen LogP contribution in [0.15, 0.2) is 47.8 Å². The van der Waals surface area contributed by atoms with Crippen LogP contribution in [0.4, 0.5) is 10.3 Å². The van der Waals surface area contributed by atoms with Gasteiger partial charge in [-0.2, -0.15) is 0 Å². The Morgan fingerprint density at radius 1 is 1.05 bits per heavy atom. The molecule has 0 aliphatic carbocycles. The lowest BCUT2D eigenvalue weighted by Crippen LogP contribution is -2.54. The van der Waals surface area contributed by atoms with E-state index in [0.29, 0.717) is 61.0 Å². The third-order valence-electron chi connectivity index (χ3n) is 7.70. The van der Waals surface area contributed by atoms with Gasteiger partial charge in [-0.25, -0.2) is 27.8 Å². The van der Waals surface area contributed by atoms with Gasteiger partial charge in [-0.05, 0) is 36.6 Å². The van der Waals surface area contributed by atoms with E-state index in [2.05, 4.69) is 26.8 Å². The fraction of sp³-hybridized carbons (Fsp3) is 0.483. The summed E-state index contributed by atoms with van der Waals surface area (Å²) in [6.45, 7) is 7.65. The number of benzene rings is 1. The number of halogens is 1. The summed E-state index contributed by atoms with van der Waals surface area (Å²) in [5.74, 6) is 1.63. The maximum absolute atomic E-state index is 14.8. The van der Waals surface area contributed by atoms with Gasteiger partial charge in [0, 0.05) is 72.4 Å². The summed E-state index contributed by atoms with van der Waals surface area (Å²) >= 11 is 0. The van der Waals surface area contributed by atoms with Gasteiger partial charge in [-0.3, -0.25) is 0 Å². The second-order valence-electron chi connectivity index (χ2n) is 10.5. The molecule has 1 aromatic carbocycles. The molecular formula is C29H35FN4O4S. The molecule has 0 spiro atoms. The van der Waals surface area contributed by atoms with Crippen molar-refractivity contribution in [3.63, 3.8) is 0 Å². The van der Waals surface area contributed by atoms with Gasteiger partial charge in [0.2, 0.25) is 11.8 Å². The Bertz CT molecular complexity index is 1400. The average Bonchev–Trinajstić information content (AvgIpc) is 2.91. The number of nitrogens with zero attached hydrogens (tertiary/aromatic N) is 4. The normalized spacial score (nSPS) is 21.1. The zero-order valence-electron chi connectivity index (χ0n) is 22.6. The highest BCUT2D eigenvalue weighted by Crippen LogP contribution is 2.36. The topological polar surface area (TPSA) is 94.5 Å². The largest absolute Gasteiger partial charge is 0.477 e. The zero-order chi connectivity index (χ0) is 27.6. The summed E-state index contributed by atoms with van der Waals surface area (Å²) in [4.78, 5) is 16.0. The van der Waals surface area contributed by atoms with Crippen molar-refractivity contribution in [1.29, 1.82) is 0 Å². The molecule has 0 radical (unpaired) electrons. The van der Waals surface area contributed by atoms with Crippen molar-refractivity contribution in [2.75, 3.05) is 44.1 Å². The molecule has 2 atom stereocenters. The second-order valence-corrected chi connectivity index (χ2v) is 12.6. The quantitative estimate of drug-likeness (QED) is 0.385. The molecule has 4 heterocycles. The van der Waals surface area contributed by atoms with Gasteiger partial charge < -0.3 is 14.4 Å². The molecule has 2 aliphatic rings. The summed E-state index contributed by atoms with van der Waals surface area (Å²) in [5.41, 5.74) is 2.92. The molecule has 8 nitrogen and oxygen atoms in total. The number of aromatic nitrogens is 3. The van der Waals surface area contributed by atoms with Crippen LogP contribution in [-0.2, 0) is 27.4 Å². The van der Waals surface area contributed by atoms with Crippen molar-refractivity contribution in [3.05, 3.63) is 59.8 Å². The average molecular weight is 555 g/mol. The Hall–Kier alpha value is -3.11. The number of anilines is 1. The Labute approximate surface area is 229 Å². The number of pyridine rings is 1. The number of hydrogen-bond acceptors (Lipinski definition) is 8. The van der Waals surface area contributed by atoms with Gasteiger partial charge >= 0.3 is 0 Å². The van der Waals surface area contributed by atoms with Crippen molar-refractivity contribution >= 4 is 15.8 Å². The number of piperidine rings is 1. The number of ether oxygens (including phenoxy) is 2. The lowest BCUT2D eigenvalue weighted by Gasteiger charge is -2.46. The first-order valence-electron chi connectivity index (χ1n) is 13.5. The Morgan fingerprint density at radius 2 is 1.77 bits per heavy atom. The summed E-state index contributed by atoms with van der Waals surface area (Å²) in [7, 11) is -3.49. The number of aryl methyl sites for hydroxylation is 2. The van der Waals surface area contributed by atoms with Gasteiger partial charge in [0.1, 0.15) is 5.82 Å². The summed E-state index contributed by atoms with van der Waals surface area (Å²) in [6, 6.07) is 5.83. The fourth-order valence-corrected chi connectivity index (χ4v) is 6.18. The van der Waals surface area contributed by atoms with E-state index in [1.54, 1.807) is 6.20 Å². The van der Waals surface area contributed by atoms with E-state index in [0.717, 1.165) is 55.3 Å². The highest BCUT2D eigenvalue weighted by atomic mass is 32.2. The van der Waals surface area contributed by atoms with Crippen LogP contribution in [0.5, 0.6) is 5.88 Å². The smallest absolute Gasteiger partial charge is 0.225 e. The van der Waals surface area contributed by atoms with E-state index < -0.39 is 15.7 Å². The standard InChI is InChI=1S/C29H35FN4O4S/c1-4-6-19-11-32-29(33-12-19)34-14-22-16-37-17-23(15-34)26(22)18-38-28-20(5-2)9-21(13-31-28)25-8-7-24(10-27(25)30)39(3,35)36/h7-13,22-23,26H,4-6,14-18H2,1-3H3. The molecule has 2 fully saturated rings. The highest BCUT2D eigenvalue weighted by molar-refractivity contribution is 7.90. The maximum atomic E-state index is 14.8. The molecule has 10 heteroatoms. The Balaban J connectivity index is 1.28. The van der Waals surface area contributed by atoms with Gasteiger partial charge in [-0.15, -0.1) is 0 Å². The minimum atomic E-state index is -3.49. The van der Waals surface area contributed by atoms with E-state index in [9.17, 15) is 12.8 Å². The van der Waals surface area contributed by atoms with Crippen molar-refractivity contribution in [2.45, 2.75) is 38.0 Å². The summed E-state index contributed by atoms with van der Waals surface area (Å²) in [6.07, 6.45) is 9.23. The zero-order valence-corrected chi connectivity index (χ0v) is 23.5. The molecule has 2 bridgehead atoms. The van der Waals surface area contributed by atoms with Crippen LogP contribution in [0.1, 0.15) is 31.4 Å². The fourth-order valence-electron chi connectivity index (χ4n) is 5.55. The molecule has 0 N–H and O–H groups in total. The van der Waals surface area contributed by atoms with Crippen LogP contribution in [-0.4, -0.2) is 62.5 Å². The third kappa shape index (κ3) is 6.06. The number of hydrogen-bond donors (Lipinski definition) is 0. The number of fused-ring (bicyclic) bond motifs is 2. The van der Waals surface area contributed by atoms with Gasteiger partial charge in [0.15, 0.2) is 9.84 Å². The molecular weight excluding hydrogens is 519 g/mol. The third-order valence-corrected chi connectivity index (χ3v) is 8.81. The molecule has 2 unspecified atom stereocenters. The lowest BCUT2D eigenvalue weighted by atomic mass is 9.77. The van der Waals surface area contributed by atoms with E-state index >= 15 is 0 Å². The molecule has 2 aliphatic heterocycles. The van der Waals surface area contributed by atoms with Crippen molar-refractivity contribution in [2.24, 2.45) is 17.8 Å². The molecule has 39 heavy (non-hydrogen) atoms. The second kappa shape index (κ2) is 11.6. The highest BCUT2D eigenvalue weighted by Gasteiger charge is 2.41. The molecule has 0 amide bonds. The Kier molecular flexibility index (Phi) is 8.13. The molecule has 3 aromatic rings. The van der Waals surface area contributed by atoms with Crippen LogP contribution in [0.2, 0.25) is 0 Å². The van der Waals surface area contributed by atoms with Crippen LogP contribution in [0.25, 0.3) is 11.1 Å². The van der Waals surface area contributed by atoms with Crippen LogP contribution >= 0.6 is 0 Å². The molecule has 2 saturated heterocycles. The summed E-state index contributed by atoms with van der Waals surface area (Å²) in [5, 5.41) is 0. The SMILES string of the molecule is CCCc1cnc(N2CC3COCC(C2)C3COc2ncc(-c3ccc(S(C)(=O)=O)cc3F)cc2CC)nc1. The predicted molar refractivity (Wildman–Crippen MR) is 147 cm³/mol. The Morgan fingerprint density at radius 3 is 2.38 bits per heavy atom. The maximum Gasteiger partial charge on any atom is 0.225 e. The first-order valence-corrected chi connectivity index (χ1v) is 15.4. The monoisotopic (exact) mass is 554 g/mol. The lowest BCUT2D eigenvalue weighted by molar-refractivity contribution is -0.0533. The first kappa shape index (κ1) is 27.5. The number of rotatable bonds is 9. The van der Waals surface area contributed by atoms with Crippen molar-refractivity contribution in [3.8, 4) is 17.0 Å². The van der Waals surface area contributed by atoms with Crippen LogP contribution < -0.4 is 9.64 Å². The van der Waals surface area contributed by atoms with Crippen LogP contribution in [0.3, 0.4) is 0 Å². The molecule has 2 aromatic heterocycles. The molecule has 208 valence electrons. The minimum Gasteiger partial charge on any atom is -0.477 e. The predicted octanol–water partition coefficient (Wildman–Crippen LogP) is 4.37. The van der Waals surface area contributed by atoms with Gasteiger partial charge in [-0.1, -0.05) is 26.3 Å². The minimum absolute atomic E-state index is 0.0481. The molecule has 5 rings (SSSR count). The van der Waals surface area contributed by atoms with E-state index in [1.165, 1.54) is 12.1 Å². The van der Waals surface area contributed by atoms with E-state index in [4.69, 9.17) is 9.47 Å². The van der Waals surface area contributed by atoms with Gasteiger partial charge in [0.05, 0.1) is 24.7 Å². The van der Waals surface area contributed by atoms with Crippen molar-refractivity contribution < 1.29 is 22.3 Å². The van der Waals surface area contributed by atoms with Gasteiger partial charge in [0.25, 0.3) is 0 Å². The van der Waals surface area contributed by atoms with Crippen molar-refractivity contribution in [1.82, 2.24) is 15.0 Å². The van der Waals surface area contributed by atoms with Crippen LogP contribution in [0, 0.1) is 23.6 Å². The first-order chi connectivity index (χ1) is 18.8. The summed E-state index contributed by atoms with van der Waals surface area (Å²) < 4.78 is 50.5. The van der Waals surface area contributed by atoms with E-state index in [-0.39, 0.29) is 4.90 Å². The molecule has 0 saturated carbocycles.